The number of ether oxygens (including phenoxy) is 2. The topological polar surface area (TPSA) is 84.9 Å². The number of methoxy groups -OCH3 is 2. The van der Waals surface area contributed by atoms with Crippen LogP contribution in [0.5, 0.6) is 0 Å². The van der Waals surface area contributed by atoms with E-state index in [9.17, 15) is 9.59 Å². The van der Waals surface area contributed by atoms with Gasteiger partial charge in [-0.3, -0.25) is 4.79 Å². The van der Waals surface area contributed by atoms with Crippen LogP contribution in [0.4, 0.5) is 0 Å². The fraction of sp³-hybridized carbons (Fsp3) is 0.800. The molecule has 0 saturated heterocycles. The Morgan fingerprint density at radius 1 is 1.38 bits per heavy atom. The maximum absolute atomic E-state index is 11.5. The number of carbonyl (C=O) groups excluding carboxylic acids is 1. The van der Waals surface area contributed by atoms with Crippen molar-refractivity contribution in [2.24, 2.45) is 0 Å². The quantitative estimate of drug-likeness (QED) is 0.617. The van der Waals surface area contributed by atoms with Crippen LogP contribution in [0.25, 0.3) is 0 Å². The van der Waals surface area contributed by atoms with E-state index >= 15 is 0 Å². The van der Waals surface area contributed by atoms with Crippen molar-refractivity contribution in [3.63, 3.8) is 0 Å². The number of carboxylic acid groups (broad SMARTS) is 1. The molecule has 0 aromatic heterocycles. The number of hydrogen-bond donors (Lipinski definition) is 2. The third-order valence-electron chi connectivity index (χ3n) is 2.17. The summed E-state index contributed by atoms with van der Waals surface area (Å²) in [5.41, 5.74) is 0. The standard InChI is InChI=1S/C10H19NO5/c1-4-8(16-3)9(12)11-7(10(13)14)5-6-15-2/h7-8H,4-6H2,1-3H3,(H,11,12)(H,13,14). The number of amides is 1. The Bertz CT molecular complexity index is 227. The van der Waals surface area contributed by atoms with Crippen molar-refractivity contribution in [2.45, 2.75) is 31.9 Å². The van der Waals surface area contributed by atoms with E-state index in [0.29, 0.717) is 6.42 Å². The average molecular weight is 233 g/mol. The highest BCUT2D eigenvalue weighted by Gasteiger charge is 2.23. The molecule has 6 heteroatoms. The number of carboxylic acids is 1. The van der Waals surface area contributed by atoms with Crippen LogP contribution in [0.1, 0.15) is 19.8 Å². The lowest BCUT2D eigenvalue weighted by Crippen LogP contribution is -2.46. The Morgan fingerprint density at radius 2 is 2.00 bits per heavy atom. The zero-order valence-electron chi connectivity index (χ0n) is 9.86. The molecule has 0 aliphatic heterocycles. The predicted molar refractivity (Wildman–Crippen MR) is 57.1 cm³/mol. The van der Waals surface area contributed by atoms with E-state index in [1.165, 1.54) is 14.2 Å². The molecular weight excluding hydrogens is 214 g/mol. The third-order valence-corrected chi connectivity index (χ3v) is 2.17. The molecule has 0 aromatic rings. The molecule has 0 spiro atoms. The molecule has 1 amide bonds. The first-order chi connectivity index (χ1) is 7.56. The zero-order chi connectivity index (χ0) is 12.6. The van der Waals surface area contributed by atoms with Gasteiger partial charge in [0.05, 0.1) is 0 Å². The summed E-state index contributed by atoms with van der Waals surface area (Å²) in [5.74, 6) is -1.48. The maximum Gasteiger partial charge on any atom is 0.326 e. The summed E-state index contributed by atoms with van der Waals surface area (Å²) in [4.78, 5) is 22.4. The Morgan fingerprint density at radius 3 is 2.38 bits per heavy atom. The largest absolute Gasteiger partial charge is 0.480 e. The van der Waals surface area contributed by atoms with Crippen LogP contribution in [-0.2, 0) is 19.1 Å². The Balaban J connectivity index is 4.27. The van der Waals surface area contributed by atoms with Crippen molar-refractivity contribution in [2.75, 3.05) is 20.8 Å². The molecular formula is C10H19NO5. The first-order valence-corrected chi connectivity index (χ1v) is 5.11. The number of aliphatic carboxylic acids is 1. The highest BCUT2D eigenvalue weighted by molar-refractivity contribution is 5.86. The number of rotatable bonds is 8. The van der Waals surface area contributed by atoms with Gasteiger partial charge in [0.1, 0.15) is 12.1 Å². The van der Waals surface area contributed by atoms with Gasteiger partial charge in [0, 0.05) is 27.2 Å². The van der Waals surface area contributed by atoms with Crippen molar-refractivity contribution < 1.29 is 24.2 Å². The highest BCUT2D eigenvalue weighted by atomic mass is 16.5. The molecule has 0 fully saturated rings. The summed E-state index contributed by atoms with van der Waals surface area (Å²) in [5, 5.41) is 11.3. The minimum Gasteiger partial charge on any atom is -0.480 e. The van der Waals surface area contributed by atoms with Crippen molar-refractivity contribution in [1.82, 2.24) is 5.32 Å². The summed E-state index contributed by atoms with van der Waals surface area (Å²) >= 11 is 0. The molecule has 2 unspecified atom stereocenters. The summed E-state index contributed by atoms with van der Waals surface area (Å²) in [6, 6.07) is -0.934. The van der Waals surface area contributed by atoms with Crippen molar-refractivity contribution in [1.29, 1.82) is 0 Å². The minimum atomic E-state index is -1.07. The van der Waals surface area contributed by atoms with Gasteiger partial charge >= 0.3 is 5.97 Å². The summed E-state index contributed by atoms with van der Waals surface area (Å²) < 4.78 is 9.68. The van der Waals surface area contributed by atoms with Gasteiger partial charge < -0.3 is 19.9 Å². The van der Waals surface area contributed by atoms with E-state index in [4.69, 9.17) is 14.6 Å². The second kappa shape index (κ2) is 8.06. The van der Waals surface area contributed by atoms with Crippen LogP contribution in [0.15, 0.2) is 0 Å². The highest BCUT2D eigenvalue weighted by Crippen LogP contribution is 1.99. The Labute approximate surface area is 94.9 Å². The Hall–Kier alpha value is -1.14. The van der Waals surface area contributed by atoms with Crippen molar-refractivity contribution in [3.8, 4) is 0 Å². The van der Waals surface area contributed by atoms with Gasteiger partial charge in [-0.05, 0) is 6.42 Å². The second-order valence-electron chi connectivity index (χ2n) is 3.31. The van der Waals surface area contributed by atoms with Gasteiger partial charge in [-0.15, -0.1) is 0 Å². The molecule has 16 heavy (non-hydrogen) atoms. The van der Waals surface area contributed by atoms with E-state index in [1.54, 1.807) is 6.92 Å². The van der Waals surface area contributed by atoms with E-state index < -0.39 is 24.0 Å². The van der Waals surface area contributed by atoms with Crippen molar-refractivity contribution in [3.05, 3.63) is 0 Å². The van der Waals surface area contributed by atoms with Gasteiger partial charge in [-0.25, -0.2) is 4.79 Å². The van der Waals surface area contributed by atoms with Crippen LogP contribution < -0.4 is 5.32 Å². The minimum absolute atomic E-state index is 0.234. The van der Waals surface area contributed by atoms with Crippen LogP contribution in [0, 0.1) is 0 Å². The molecule has 94 valence electrons. The molecule has 2 atom stereocenters. The van der Waals surface area contributed by atoms with Crippen LogP contribution in [0.2, 0.25) is 0 Å². The summed E-state index contributed by atoms with van der Waals surface area (Å²) in [7, 11) is 2.89. The fourth-order valence-electron chi connectivity index (χ4n) is 1.22. The number of hydrogen-bond acceptors (Lipinski definition) is 4. The van der Waals surface area contributed by atoms with E-state index in [2.05, 4.69) is 5.32 Å². The molecule has 0 saturated carbocycles. The first kappa shape index (κ1) is 14.9. The summed E-state index contributed by atoms with van der Waals surface area (Å²) in [6.07, 6.45) is 0.126. The lowest BCUT2D eigenvalue weighted by Gasteiger charge is -2.18. The molecule has 0 aliphatic carbocycles. The van der Waals surface area contributed by atoms with Crippen LogP contribution in [-0.4, -0.2) is 50.0 Å². The molecule has 2 N–H and O–H groups in total. The summed E-state index contributed by atoms with van der Waals surface area (Å²) in [6.45, 7) is 2.07. The lowest BCUT2D eigenvalue weighted by atomic mass is 10.2. The molecule has 0 radical (unpaired) electrons. The zero-order valence-corrected chi connectivity index (χ0v) is 9.86. The van der Waals surface area contributed by atoms with E-state index in [1.807, 2.05) is 0 Å². The lowest BCUT2D eigenvalue weighted by molar-refractivity contribution is -0.144. The van der Waals surface area contributed by atoms with Gasteiger partial charge in [-0.1, -0.05) is 6.92 Å². The SMILES string of the molecule is CCC(OC)C(=O)NC(CCOC)C(=O)O. The molecule has 0 bridgehead atoms. The van der Waals surface area contributed by atoms with Crippen molar-refractivity contribution >= 4 is 11.9 Å². The molecule has 6 nitrogen and oxygen atoms in total. The van der Waals surface area contributed by atoms with E-state index in [-0.39, 0.29) is 13.0 Å². The maximum atomic E-state index is 11.5. The molecule has 0 aliphatic rings. The molecule has 0 aromatic carbocycles. The average Bonchev–Trinajstić information content (AvgIpc) is 2.25. The smallest absolute Gasteiger partial charge is 0.326 e. The third kappa shape index (κ3) is 5.09. The van der Waals surface area contributed by atoms with Gasteiger partial charge in [-0.2, -0.15) is 0 Å². The van der Waals surface area contributed by atoms with Gasteiger partial charge in [0.2, 0.25) is 5.91 Å². The van der Waals surface area contributed by atoms with Crippen LogP contribution in [0.3, 0.4) is 0 Å². The predicted octanol–water partition coefficient (Wildman–Crippen LogP) is 0.0173. The Kier molecular flexibility index (Phi) is 7.49. The fourth-order valence-corrected chi connectivity index (χ4v) is 1.22. The normalized spacial score (nSPS) is 14.2. The number of carbonyl (C=O) groups is 2. The molecule has 0 rings (SSSR count). The van der Waals surface area contributed by atoms with Gasteiger partial charge in [0.15, 0.2) is 0 Å². The number of nitrogens with one attached hydrogen (secondary N) is 1. The van der Waals surface area contributed by atoms with Gasteiger partial charge in [0.25, 0.3) is 0 Å². The van der Waals surface area contributed by atoms with Crippen LogP contribution >= 0.6 is 0 Å². The first-order valence-electron chi connectivity index (χ1n) is 5.11. The second-order valence-corrected chi connectivity index (χ2v) is 3.31. The molecule has 0 heterocycles. The van der Waals surface area contributed by atoms with E-state index in [0.717, 1.165) is 0 Å². The monoisotopic (exact) mass is 233 g/mol.